The molecule has 2 aliphatic carbocycles. The highest BCUT2D eigenvalue weighted by molar-refractivity contribution is 6.07. The second-order valence-corrected chi connectivity index (χ2v) is 17.3. The first-order valence-electron chi connectivity index (χ1n) is 20.8. The molecule has 0 radical (unpaired) electrons. The molecule has 1 heteroatoms. The fraction of sp³-hybridized carbons (Fsp3) is 0.103. The summed E-state index contributed by atoms with van der Waals surface area (Å²) in [7, 11) is 0. The highest BCUT2D eigenvalue weighted by atomic mass is 15.1. The summed E-state index contributed by atoms with van der Waals surface area (Å²) < 4.78 is 0. The van der Waals surface area contributed by atoms with Crippen LogP contribution in [0, 0.1) is 0 Å². The number of benzene rings is 9. The third-order valence-corrected chi connectivity index (χ3v) is 13.2. The van der Waals surface area contributed by atoms with Gasteiger partial charge in [-0.25, -0.2) is 0 Å². The molecule has 0 aromatic heterocycles. The van der Waals surface area contributed by atoms with Gasteiger partial charge in [-0.05, 0) is 108 Å². The zero-order chi connectivity index (χ0) is 39.9. The normalized spacial score (nSPS) is 14.0. The molecule has 2 aliphatic rings. The van der Waals surface area contributed by atoms with Crippen molar-refractivity contribution in [2.75, 3.05) is 4.90 Å². The molecule has 59 heavy (non-hydrogen) atoms. The first-order valence-corrected chi connectivity index (χ1v) is 20.8. The number of rotatable bonds is 6. The Hall–Kier alpha value is -6.96. The summed E-state index contributed by atoms with van der Waals surface area (Å²) in [6.45, 7) is 9.60. The number of hydrogen-bond acceptors (Lipinski definition) is 1. The van der Waals surface area contributed by atoms with E-state index in [1.807, 2.05) is 0 Å². The summed E-state index contributed by atoms with van der Waals surface area (Å²) in [5.41, 5.74) is 21.2. The summed E-state index contributed by atoms with van der Waals surface area (Å²) in [4.78, 5) is 2.57. The van der Waals surface area contributed by atoms with Gasteiger partial charge < -0.3 is 4.90 Å². The fourth-order valence-electron chi connectivity index (χ4n) is 10.3. The predicted molar refractivity (Wildman–Crippen MR) is 250 cm³/mol. The van der Waals surface area contributed by atoms with Crippen molar-refractivity contribution in [2.24, 2.45) is 0 Å². The van der Waals surface area contributed by atoms with Gasteiger partial charge in [-0.1, -0.05) is 198 Å². The van der Waals surface area contributed by atoms with Crippen LogP contribution < -0.4 is 4.90 Å². The largest absolute Gasteiger partial charge is 0.309 e. The maximum absolute atomic E-state index is 2.57. The van der Waals surface area contributed by atoms with Crippen molar-refractivity contribution in [3.05, 3.63) is 222 Å². The average molecular weight is 756 g/mol. The van der Waals surface area contributed by atoms with Gasteiger partial charge in [0.1, 0.15) is 0 Å². The van der Waals surface area contributed by atoms with E-state index in [0.717, 1.165) is 11.4 Å². The van der Waals surface area contributed by atoms with Crippen LogP contribution in [0.2, 0.25) is 0 Å². The molecule has 0 amide bonds. The quantitative estimate of drug-likeness (QED) is 0.163. The lowest BCUT2D eigenvalue weighted by atomic mass is 9.79. The van der Waals surface area contributed by atoms with Crippen molar-refractivity contribution in [2.45, 2.75) is 38.5 Å². The van der Waals surface area contributed by atoms with Crippen molar-refractivity contribution in [1.82, 2.24) is 0 Å². The molecule has 11 rings (SSSR count). The van der Waals surface area contributed by atoms with Crippen LogP contribution in [0.1, 0.15) is 49.9 Å². The van der Waals surface area contributed by atoms with Gasteiger partial charge in [0.05, 0.1) is 11.4 Å². The summed E-state index contributed by atoms with van der Waals surface area (Å²) in [5.74, 6) is 0. The van der Waals surface area contributed by atoms with Crippen LogP contribution in [0.15, 0.2) is 200 Å². The molecule has 1 nitrogen and oxygen atoms in total. The van der Waals surface area contributed by atoms with E-state index >= 15 is 0 Å². The van der Waals surface area contributed by atoms with Crippen LogP contribution in [0.5, 0.6) is 0 Å². The minimum absolute atomic E-state index is 0.145. The molecule has 0 fully saturated rings. The highest BCUT2D eigenvalue weighted by Gasteiger charge is 2.41. The molecular formula is C58H45N. The van der Waals surface area contributed by atoms with Gasteiger partial charge in [-0.15, -0.1) is 0 Å². The van der Waals surface area contributed by atoms with Crippen LogP contribution in [0.3, 0.4) is 0 Å². The molecule has 0 unspecified atom stereocenters. The summed E-state index contributed by atoms with van der Waals surface area (Å²) in [6, 6.07) is 74.3. The standard InChI is InChI=1S/C58H45N/c1-57(2)50-25-15-13-24-47(50)48-34-32-44(37-52(48)57)59(53-26-16-14-22-45(53)41-29-27-40(28-30-41)38-17-7-5-8-18-38)54-36-43-21-11-12-23-46(43)56-55(54)49-33-31-42(35-51(49)58(56,3)4)39-19-9-6-10-20-39/h5-37H,1-4H3. The maximum atomic E-state index is 2.57. The molecule has 0 aliphatic heterocycles. The zero-order valence-electron chi connectivity index (χ0n) is 34.0. The van der Waals surface area contributed by atoms with E-state index in [1.54, 1.807) is 0 Å². The van der Waals surface area contributed by atoms with Crippen molar-refractivity contribution in [3.63, 3.8) is 0 Å². The zero-order valence-corrected chi connectivity index (χ0v) is 34.0. The van der Waals surface area contributed by atoms with Crippen LogP contribution in [0.4, 0.5) is 17.1 Å². The van der Waals surface area contributed by atoms with Crippen molar-refractivity contribution < 1.29 is 0 Å². The Morgan fingerprint density at radius 2 is 0.881 bits per heavy atom. The van der Waals surface area contributed by atoms with E-state index in [4.69, 9.17) is 0 Å². The van der Waals surface area contributed by atoms with Crippen LogP contribution in [-0.4, -0.2) is 0 Å². The molecular weight excluding hydrogens is 711 g/mol. The number of nitrogens with zero attached hydrogens (tertiary/aromatic N) is 1. The second kappa shape index (κ2) is 13.3. The van der Waals surface area contributed by atoms with Gasteiger partial charge in [0.15, 0.2) is 0 Å². The van der Waals surface area contributed by atoms with E-state index in [1.165, 1.54) is 94.3 Å². The lowest BCUT2D eigenvalue weighted by Crippen LogP contribution is -2.18. The van der Waals surface area contributed by atoms with Gasteiger partial charge in [0.25, 0.3) is 0 Å². The van der Waals surface area contributed by atoms with Crippen LogP contribution in [-0.2, 0) is 10.8 Å². The number of hydrogen-bond donors (Lipinski definition) is 0. The molecule has 0 saturated carbocycles. The monoisotopic (exact) mass is 755 g/mol. The minimum Gasteiger partial charge on any atom is -0.309 e. The molecule has 9 aromatic carbocycles. The molecule has 0 bridgehead atoms. The maximum Gasteiger partial charge on any atom is 0.0549 e. The van der Waals surface area contributed by atoms with Gasteiger partial charge in [0, 0.05) is 27.6 Å². The molecule has 9 aromatic rings. The van der Waals surface area contributed by atoms with Gasteiger partial charge >= 0.3 is 0 Å². The molecule has 0 spiro atoms. The Bertz CT molecular complexity index is 3080. The van der Waals surface area contributed by atoms with Crippen molar-refractivity contribution in [1.29, 1.82) is 0 Å². The Balaban J connectivity index is 1.19. The summed E-state index contributed by atoms with van der Waals surface area (Å²) in [6.07, 6.45) is 0. The lowest BCUT2D eigenvalue weighted by Gasteiger charge is -2.32. The Morgan fingerprint density at radius 3 is 1.64 bits per heavy atom. The Morgan fingerprint density at radius 1 is 0.339 bits per heavy atom. The molecule has 0 N–H and O–H groups in total. The third kappa shape index (κ3) is 5.45. The topological polar surface area (TPSA) is 3.24 Å². The Labute approximate surface area is 347 Å². The lowest BCUT2D eigenvalue weighted by molar-refractivity contribution is 0.660. The van der Waals surface area contributed by atoms with Crippen LogP contribution in [0.25, 0.3) is 66.4 Å². The minimum atomic E-state index is -0.245. The molecule has 0 heterocycles. The smallest absolute Gasteiger partial charge is 0.0549 e. The molecule has 0 saturated heterocycles. The summed E-state index contributed by atoms with van der Waals surface area (Å²) >= 11 is 0. The number of para-hydroxylation sites is 1. The van der Waals surface area contributed by atoms with E-state index in [9.17, 15) is 0 Å². The van der Waals surface area contributed by atoms with Crippen molar-refractivity contribution >= 4 is 27.8 Å². The number of fused-ring (bicyclic) bond motifs is 8. The second-order valence-electron chi connectivity index (χ2n) is 17.3. The van der Waals surface area contributed by atoms with Gasteiger partial charge in [0.2, 0.25) is 0 Å². The van der Waals surface area contributed by atoms with Gasteiger partial charge in [-0.3, -0.25) is 0 Å². The summed E-state index contributed by atoms with van der Waals surface area (Å²) in [5, 5.41) is 2.55. The van der Waals surface area contributed by atoms with E-state index in [-0.39, 0.29) is 10.8 Å². The first kappa shape index (κ1) is 35.2. The Kier molecular flexibility index (Phi) is 7.94. The van der Waals surface area contributed by atoms with Crippen molar-refractivity contribution in [3.8, 4) is 55.6 Å². The molecule has 282 valence electrons. The SMILES string of the molecule is CC1(C)c2ccccc2-c2ccc(N(c3ccccc3-c3ccc(-c4ccccc4)cc3)c3cc4ccccc4c4c3-c3ccc(-c5ccccc5)cc3C4(C)C)cc21. The average Bonchev–Trinajstić information content (AvgIpc) is 3.67. The van der Waals surface area contributed by atoms with E-state index < -0.39 is 0 Å². The highest BCUT2D eigenvalue weighted by Crippen LogP contribution is 2.59. The number of anilines is 3. The van der Waals surface area contributed by atoms with Crippen LogP contribution >= 0.6 is 0 Å². The third-order valence-electron chi connectivity index (χ3n) is 13.2. The molecule has 0 atom stereocenters. The predicted octanol–water partition coefficient (Wildman–Crippen LogP) is 15.9. The van der Waals surface area contributed by atoms with Gasteiger partial charge in [-0.2, -0.15) is 0 Å². The van der Waals surface area contributed by atoms with E-state index in [2.05, 4.69) is 233 Å². The first-order chi connectivity index (χ1) is 28.8. The van der Waals surface area contributed by atoms with E-state index in [0.29, 0.717) is 0 Å². The fourth-order valence-corrected chi connectivity index (χ4v) is 10.3.